The molecule has 0 unspecified atom stereocenters. The second-order valence-electron chi connectivity index (χ2n) is 5.63. The Kier molecular flexibility index (Phi) is 5.98. The summed E-state index contributed by atoms with van der Waals surface area (Å²) >= 11 is 1.73. The van der Waals surface area contributed by atoms with Crippen LogP contribution in [0.4, 0.5) is 10.5 Å². The lowest BCUT2D eigenvalue weighted by Crippen LogP contribution is -2.31. The molecule has 0 bridgehead atoms. The molecule has 0 saturated carbocycles. The molecule has 6 heteroatoms. The van der Waals surface area contributed by atoms with E-state index in [-0.39, 0.29) is 18.0 Å². The normalized spacial score (nSPS) is 11.7. The van der Waals surface area contributed by atoms with E-state index in [0.717, 1.165) is 5.56 Å². The van der Waals surface area contributed by atoms with Gasteiger partial charge in [0.15, 0.2) is 0 Å². The van der Waals surface area contributed by atoms with E-state index in [4.69, 9.17) is 0 Å². The number of carbonyl (C=O) groups is 2. The number of amides is 3. The minimum atomic E-state index is -0.267. The fraction of sp³-hybridized carbons (Fsp3) is 0.333. The lowest BCUT2D eigenvalue weighted by molar-refractivity contribution is 0.0956. The van der Waals surface area contributed by atoms with Crippen LogP contribution in [0.25, 0.3) is 0 Å². The van der Waals surface area contributed by atoms with Gasteiger partial charge in [-0.1, -0.05) is 0 Å². The van der Waals surface area contributed by atoms with E-state index >= 15 is 0 Å². The van der Waals surface area contributed by atoms with Gasteiger partial charge in [-0.15, -0.1) is 11.3 Å². The molecule has 0 spiro atoms. The van der Waals surface area contributed by atoms with Gasteiger partial charge >= 0.3 is 6.03 Å². The first kappa shape index (κ1) is 18.0. The number of urea groups is 1. The number of hydrogen-bond acceptors (Lipinski definition) is 3. The number of anilines is 1. The molecule has 0 aliphatic rings. The van der Waals surface area contributed by atoms with Crippen molar-refractivity contribution in [2.75, 3.05) is 11.9 Å². The number of benzene rings is 1. The molecule has 1 atom stereocenters. The molecule has 0 fully saturated rings. The maximum absolute atomic E-state index is 12.1. The summed E-state index contributed by atoms with van der Waals surface area (Å²) in [5.74, 6) is -0.120. The molecule has 0 aliphatic heterocycles. The van der Waals surface area contributed by atoms with Crippen LogP contribution in [-0.2, 0) is 0 Å². The monoisotopic (exact) mass is 345 g/mol. The Morgan fingerprint density at radius 2 is 1.83 bits per heavy atom. The molecule has 1 heterocycles. The Labute approximate surface area is 146 Å². The third-order valence-corrected chi connectivity index (χ3v) is 4.62. The zero-order valence-corrected chi connectivity index (χ0v) is 15.2. The Bertz CT molecular complexity index is 722. The van der Waals surface area contributed by atoms with Crippen LogP contribution in [0.1, 0.15) is 45.6 Å². The number of carbonyl (C=O) groups excluding carboxylic acids is 2. The fourth-order valence-electron chi connectivity index (χ4n) is 2.49. The minimum absolute atomic E-state index is 0.0652. The van der Waals surface area contributed by atoms with Crippen LogP contribution in [0, 0.1) is 13.8 Å². The third-order valence-electron chi connectivity index (χ3n) is 3.64. The average Bonchev–Trinajstić information content (AvgIpc) is 2.87. The van der Waals surface area contributed by atoms with Crippen molar-refractivity contribution in [1.82, 2.24) is 10.6 Å². The smallest absolute Gasteiger partial charge is 0.319 e. The summed E-state index contributed by atoms with van der Waals surface area (Å²) in [4.78, 5) is 26.3. The van der Waals surface area contributed by atoms with Gasteiger partial charge in [-0.25, -0.2) is 4.79 Å². The van der Waals surface area contributed by atoms with Crippen molar-refractivity contribution in [3.05, 3.63) is 51.2 Å². The third kappa shape index (κ3) is 4.58. The molecule has 3 amide bonds. The Morgan fingerprint density at radius 1 is 1.17 bits per heavy atom. The Hall–Kier alpha value is -2.34. The van der Waals surface area contributed by atoms with Crippen LogP contribution < -0.4 is 16.0 Å². The highest BCUT2D eigenvalue weighted by Crippen LogP contribution is 2.26. The van der Waals surface area contributed by atoms with Crippen LogP contribution in [0.5, 0.6) is 0 Å². The average molecular weight is 345 g/mol. The lowest BCUT2D eigenvalue weighted by Gasteiger charge is -2.15. The second-order valence-corrected chi connectivity index (χ2v) is 7.09. The second kappa shape index (κ2) is 7.97. The SMILES string of the molecule is CCNC(=O)c1ccc(NC(=O)N[C@H](C)c2cc(C)sc2C)cc1. The van der Waals surface area contributed by atoms with Gasteiger partial charge in [-0.3, -0.25) is 4.79 Å². The number of hydrogen-bond donors (Lipinski definition) is 3. The van der Waals surface area contributed by atoms with Gasteiger partial charge < -0.3 is 16.0 Å². The van der Waals surface area contributed by atoms with Gasteiger partial charge in [-0.2, -0.15) is 0 Å². The summed E-state index contributed by atoms with van der Waals surface area (Å²) in [6.45, 7) is 8.54. The maximum atomic E-state index is 12.1. The first-order chi connectivity index (χ1) is 11.4. The molecule has 0 aliphatic carbocycles. The standard InChI is InChI=1S/C18H23N3O2S/c1-5-19-17(22)14-6-8-15(9-7-14)21-18(23)20-12(3)16-10-11(2)24-13(16)4/h6-10,12H,5H2,1-4H3,(H,19,22)(H2,20,21,23)/t12-/m1/s1. The lowest BCUT2D eigenvalue weighted by atomic mass is 10.1. The molecule has 3 N–H and O–H groups in total. The molecular formula is C18H23N3O2S. The summed E-state index contributed by atoms with van der Waals surface area (Å²) < 4.78 is 0. The number of thiophene rings is 1. The van der Waals surface area contributed by atoms with Crippen LogP contribution in [0.15, 0.2) is 30.3 Å². The highest BCUT2D eigenvalue weighted by Gasteiger charge is 2.14. The molecule has 0 saturated heterocycles. The van der Waals surface area contributed by atoms with E-state index in [1.807, 2.05) is 13.8 Å². The molecule has 1 aromatic heterocycles. The molecular weight excluding hydrogens is 322 g/mol. The van der Waals surface area contributed by atoms with Gasteiger partial charge in [0.2, 0.25) is 0 Å². The van der Waals surface area contributed by atoms with Gasteiger partial charge in [0.25, 0.3) is 5.91 Å². The van der Waals surface area contributed by atoms with Crippen LogP contribution in [-0.4, -0.2) is 18.5 Å². The summed E-state index contributed by atoms with van der Waals surface area (Å²) in [6.07, 6.45) is 0. The fourth-order valence-corrected chi connectivity index (χ4v) is 3.51. The van der Waals surface area contributed by atoms with E-state index in [2.05, 4.69) is 35.9 Å². The largest absolute Gasteiger partial charge is 0.352 e. The summed E-state index contributed by atoms with van der Waals surface area (Å²) in [5.41, 5.74) is 2.35. The van der Waals surface area contributed by atoms with Crippen LogP contribution >= 0.6 is 11.3 Å². The van der Waals surface area contributed by atoms with E-state index in [0.29, 0.717) is 17.8 Å². The quantitative estimate of drug-likeness (QED) is 0.766. The summed E-state index contributed by atoms with van der Waals surface area (Å²) in [7, 11) is 0. The van der Waals surface area contributed by atoms with E-state index in [1.54, 1.807) is 35.6 Å². The van der Waals surface area contributed by atoms with Crippen LogP contribution in [0.3, 0.4) is 0 Å². The minimum Gasteiger partial charge on any atom is -0.352 e. The van der Waals surface area contributed by atoms with E-state index in [1.165, 1.54) is 9.75 Å². The molecule has 0 radical (unpaired) electrons. The molecule has 2 rings (SSSR count). The van der Waals surface area contributed by atoms with Crippen molar-refractivity contribution < 1.29 is 9.59 Å². The molecule has 5 nitrogen and oxygen atoms in total. The topological polar surface area (TPSA) is 70.2 Å². The van der Waals surface area contributed by atoms with Crippen molar-refractivity contribution in [2.45, 2.75) is 33.7 Å². The highest BCUT2D eigenvalue weighted by molar-refractivity contribution is 7.12. The maximum Gasteiger partial charge on any atom is 0.319 e. The van der Waals surface area contributed by atoms with Crippen molar-refractivity contribution in [1.29, 1.82) is 0 Å². The van der Waals surface area contributed by atoms with Crippen molar-refractivity contribution in [3.63, 3.8) is 0 Å². The first-order valence-electron chi connectivity index (χ1n) is 7.93. The van der Waals surface area contributed by atoms with Gasteiger partial charge in [-0.05, 0) is 63.6 Å². The molecule has 24 heavy (non-hydrogen) atoms. The van der Waals surface area contributed by atoms with Crippen molar-refractivity contribution in [2.24, 2.45) is 0 Å². The Balaban J connectivity index is 1.94. The number of rotatable bonds is 5. The summed E-state index contributed by atoms with van der Waals surface area (Å²) in [5, 5.41) is 8.46. The van der Waals surface area contributed by atoms with Gasteiger partial charge in [0.1, 0.15) is 0 Å². The highest BCUT2D eigenvalue weighted by atomic mass is 32.1. The number of nitrogens with one attached hydrogen (secondary N) is 3. The molecule has 1 aromatic carbocycles. The molecule has 2 aromatic rings. The zero-order valence-electron chi connectivity index (χ0n) is 14.4. The first-order valence-corrected chi connectivity index (χ1v) is 8.75. The van der Waals surface area contributed by atoms with E-state index in [9.17, 15) is 9.59 Å². The number of aryl methyl sites for hydroxylation is 2. The zero-order chi connectivity index (χ0) is 17.7. The van der Waals surface area contributed by atoms with Gasteiger partial charge in [0.05, 0.1) is 6.04 Å². The Morgan fingerprint density at radius 3 is 2.38 bits per heavy atom. The summed E-state index contributed by atoms with van der Waals surface area (Å²) in [6, 6.07) is 8.59. The van der Waals surface area contributed by atoms with E-state index < -0.39 is 0 Å². The van der Waals surface area contributed by atoms with Crippen LogP contribution in [0.2, 0.25) is 0 Å². The predicted molar refractivity (Wildman–Crippen MR) is 98.8 cm³/mol. The van der Waals surface area contributed by atoms with Gasteiger partial charge in [0, 0.05) is 27.5 Å². The predicted octanol–water partition coefficient (Wildman–Crippen LogP) is 4.00. The van der Waals surface area contributed by atoms with Crippen molar-refractivity contribution in [3.8, 4) is 0 Å². The molecule has 128 valence electrons. The van der Waals surface area contributed by atoms with Crippen molar-refractivity contribution >= 4 is 29.0 Å².